The summed E-state index contributed by atoms with van der Waals surface area (Å²) < 4.78 is 15.2. The molecule has 1 aromatic heterocycles. The van der Waals surface area contributed by atoms with E-state index in [1.165, 1.54) is 12.1 Å². The van der Waals surface area contributed by atoms with Gasteiger partial charge in [0.05, 0.1) is 18.2 Å². The lowest BCUT2D eigenvalue weighted by Gasteiger charge is -2.25. The highest BCUT2D eigenvalue weighted by Crippen LogP contribution is 2.23. The molecule has 0 spiro atoms. The van der Waals surface area contributed by atoms with Crippen LogP contribution in [0.15, 0.2) is 18.2 Å². The average Bonchev–Trinajstić information content (AvgIpc) is 3.08. The van der Waals surface area contributed by atoms with Gasteiger partial charge in [-0.05, 0) is 50.9 Å². The first-order valence-electron chi connectivity index (χ1n) is 7.87. The second-order valence-electron chi connectivity index (χ2n) is 6.07. The molecule has 6 heteroatoms. The maximum Gasteiger partial charge on any atom is 0.147 e. The molecule has 23 heavy (non-hydrogen) atoms. The van der Waals surface area contributed by atoms with E-state index in [0.29, 0.717) is 18.2 Å². The zero-order valence-corrected chi connectivity index (χ0v) is 13.5. The molecule has 2 heterocycles. The Hall–Kier alpha value is -2.26. The van der Waals surface area contributed by atoms with Gasteiger partial charge < -0.3 is 0 Å². The monoisotopic (exact) mass is 313 g/mol. The predicted octanol–water partition coefficient (Wildman–Crippen LogP) is 2.57. The molecule has 1 fully saturated rings. The summed E-state index contributed by atoms with van der Waals surface area (Å²) in [5.41, 5.74) is 1.30. The number of hydrogen-bond donors (Lipinski definition) is 0. The maximum atomic E-state index is 13.3. The Labute approximate surface area is 135 Å². The Bertz CT molecular complexity index is 746. The molecule has 1 aliphatic rings. The fourth-order valence-electron chi connectivity index (χ4n) is 3.25. The van der Waals surface area contributed by atoms with Crippen molar-refractivity contribution >= 4 is 0 Å². The van der Waals surface area contributed by atoms with E-state index in [4.69, 9.17) is 0 Å². The number of likely N-dealkylation sites (tertiary alicyclic amines) is 1. The third kappa shape index (κ3) is 3.40. The first kappa shape index (κ1) is 15.6. The molecule has 1 aromatic carbocycles. The zero-order chi connectivity index (χ0) is 16.4. The Balaban J connectivity index is 1.75. The lowest BCUT2D eigenvalue weighted by atomic mass is 10.1. The molecule has 0 bridgehead atoms. The van der Waals surface area contributed by atoms with Gasteiger partial charge >= 0.3 is 0 Å². The quantitative estimate of drug-likeness (QED) is 0.870. The molecular weight excluding hydrogens is 293 g/mol. The van der Waals surface area contributed by atoms with Crippen LogP contribution in [0.5, 0.6) is 0 Å². The van der Waals surface area contributed by atoms with Gasteiger partial charge in [-0.2, -0.15) is 10.4 Å². The van der Waals surface area contributed by atoms with Crippen molar-refractivity contribution in [2.24, 2.45) is 0 Å². The van der Waals surface area contributed by atoms with Crippen molar-refractivity contribution in [1.29, 1.82) is 5.26 Å². The largest absolute Gasteiger partial charge is 0.294 e. The summed E-state index contributed by atoms with van der Waals surface area (Å²) in [7, 11) is 0. The van der Waals surface area contributed by atoms with Crippen molar-refractivity contribution in [3.05, 3.63) is 46.8 Å². The van der Waals surface area contributed by atoms with E-state index in [9.17, 15) is 9.65 Å². The first-order chi connectivity index (χ1) is 11.1. The van der Waals surface area contributed by atoms with Crippen molar-refractivity contribution in [3.8, 4) is 6.07 Å². The summed E-state index contributed by atoms with van der Waals surface area (Å²) in [6, 6.07) is 6.91. The Morgan fingerprint density at radius 3 is 2.91 bits per heavy atom. The molecule has 0 saturated carbocycles. The number of hydrogen-bond acceptors (Lipinski definition) is 4. The van der Waals surface area contributed by atoms with E-state index in [2.05, 4.69) is 21.1 Å². The van der Waals surface area contributed by atoms with Crippen LogP contribution in [-0.2, 0) is 13.1 Å². The normalized spacial score (nSPS) is 18.3. The minimum atomic E-state index is -0.364. The molecule has 1 aliphatic heterocycles. The van der Waals surface area contributed by atoms with E-state index in [-0.39, 0.29) is 5.82 Å². The molecule has 1 unspecified atom stereocenters. The van der Waals surface area contributed by atoms with Gasteiger partial charge in [0, 0.05) is 12.6 Å². The van der Waals surface area contributed by atoms with E-state index in [0.717, 1.165) is 43.1 Å². The fraction of sp³-hybridized carbons (Fsp3) is 0.471. The smallest absolute Gasteiger partial charge is 0.147 e. The van der Waals surface area contributed by atoms with Crippen LogP contribution in [0.2, 0.25) is 0 Å². The van der Waals surface area contributed by atoms with Crippen LogP contribution in [-0.4, -0.2) is 32.3 Å². The van der Waals surface area contributed by atoms with Crippen molar-refractivity contribution < 1.29 is 4.39 Å². The highest BCUT2D eigenvalue weighted by Gasteiger charge is 2.26. The SMILES string of the molecule is Cc1nc(C)n(CC2CCCN2Cc2ccc(F)cc2C#N)n1. The van der Waals surface area contributed by atoms with Crippen LogP contribution >= 0.6 is 0 Å². The molecule has 0 radical (unpaired) electrons. The summed E-state index contributed by atoms with van der Waals surface area (Å²) in [5.74, 6) is 1.35. The van der Waals surface area contributed by atoms with Crippen LogP contribution in [0.3, 0.4) is 0 Å². The fourth-order valence-corrected chi connectivity index (χ4v) is 3.25. The summed E-state index contributed by atoms with van der Waals surface area (Å²) in [5, 5.41) is 13.6. The van der Waals surface area contributed by atoms with Gasteiger partial charge in [-0.1, -0.05) is 6.07 Å². The molecule has 120 valence electrons. The molecule has 1 saturated heterocycles. The van der Waals surface area contributed by atoms with Gasteiger partial charge in [0.2, 0.25) is 0 Å². The third-order valence-electron chi connectivity index (χ3n) is 4.41. The van der Waals surface area contributed by atoms with Gasteiger partial charge in [-0.3, -0.25) is 4.90 Å². The minimum Gasteiger partial charge on any atom is -0.294 e. The zero-order valence-electron chi connectivity index (χ0n) is 13.5. The van der Waals surface area contributed by atoms with E-state index < -0.39 is 0 Å². The molecule has 3 rings (SSSR count). The maximum absolute atomic E-state index is 13.3. The third-order valence-corrected chi connectivity index (χ3v) is 4.41. The van der Waals surface area contributed by atoms with E-state index in [1.807, 2.05) is 18.5 Å². The Morgan fingerprint density at radius 2 is 2.22 bits per heavy atom. The molecular formula is C17H20FN5. The van der Waals surface area contributed by atoms with Gasteiger partial charge in [-0.25, -0.2) is 14.1 Å². The summed E-state index contributed by atoms with van der Waals surface area (Å²) in [6.45, 7) is 6.32. The number of aryl methyl sites for hydroxylation is 2. The number of halogens is 1. The standard InChI is InChI=1S/C17H20FN5/c1-12-20-13(2)23(21-12)11-17-4-3-7-22(17)10-14-5-6-16(18)8-15(14)9-19/h5-6,8,17H,3-4,7,10-11H2,1-2H3. The molecule has 1 atom stereocenters. The second-order valence-corrected chi connectivity index (χ2v) is 6.07. The number of aromatic nitrogens is 3. The lowest BCUT2D eigenvalue weighted by molar-refractivity contribution is 0.217. The molecule has 0 aliphatic carbocycles. The number of benzene rings is 1. The van der Waals surface area contributed by atoms with Crippen molar-refractivity contribution in [2.75, 3.05) is 6.54 Å². The summed E-state index contributed by atoms with van der Waals surface area (Å²) in [4.78, 5) is 6.70. The lowest BCUT2D eigenvalue weighted by Crippen LogP contribution is -2.33. The number of nitrogens with zero attached hydrogens (tertiary/aromatic N) is 5. The van der Waals surface area contributed by atoms with Gasteiger partial charge in [0.15, 0.2) is 0 Å². The van der Waals surface area contributed by atoms with Crippen LogP contribution in [0, 0.1) is 31.0 Å². The van der Waals surface area contributed by atoms with Gasteiger partial charge in [-0.15, -0.1) is 0 Å². The highest BCUT2D eigenvalue weighted by atomic mass is 19.1. The van der Waals surface area contributed by atoms with Crippen LogP contribution in [0.4, 0.5) is 4.39 Å². The second kappa shape index (κ2) is 6.47. The van der Waals surface area contributed by atoms with Gasteiger partial charge in [0.25, 0.3) is 0 Å². The van der Waals surface area contributed by atoms with Crippen molar-refractivity contribution in [3.63, 3.8) is 0 Å². The average molecular weight is 313 g/mol. The van der Waals surface area contributed by atoms with Crippen molar-refractivity contribution in [2.45, 2.75) is 45.8 Å². The first-order valence-corrected chi connectivity index (χ1v) is 7.87. The molecule has 2 aromatic rings. The van der Waals surface area contributed by atoms with Crippen LogP contribution in [0.25, 0.3) is 0 Å². The Morgan fingerprint density at radius 1 is 1.39 bits per heavy atom. The minimum absolute atomic E-state index is 0.364. The predicted molar refractivity (Wildman–Crippen MR) is 84.0 cm³/mol. The van der Waals surface area contributed by atoms with E-state index in [1.54, 1.807) is 6.07 Å². The van der Waals surface area contributed by atoms with E-state index >= 15 is 0 Å². The highest BCUT2D eigenvalue weighted by molar-refractivity contribution is 5.37. The molecule has 0 N–H and O–H groups in total. The number of nitriles is 1. The van der Waals surface area contributed by atoms with Crippen LogP contribution < -0.4 is 0 Å². The molecule has 0 amide bonds. The van der Waals surface area contributed by atoms with Crippen molar-refractivity contribution in [1.82, 2.24) is 19.7 Å². The number of rotatable bonds is 4. The Kier molecular flexibility index (Phi) is 4.39. The molecule has 5 nitrogen and oxygen atoms in total. The summed E-state index contributed by atoms with van der Waals surface area (Å²) in [6.07, 6.45) is 2.22. The van der Waals surface area contributed by atoms with Crippen LogP contribution in [0.1, 0.15) is 35.6 Å². The summed E-state index contributed by atoms with van der Waals surface area (Å²) >= 11 is 0. The van der Waals surface area contributed by atoms with Gasteiger partial charge in [0.1, 0.15) is 17.5 Å². The topological polar surface area (TPSA) is 57.7 Å².